The van der Waals surface area contributed by atoms with Crippen molar-refractivity contribution < 1.29 is 19.4 Å². The van der Waals surface area contributed by atoms with E-state index < -0.39 is 27.2 Å². The number of benzene rings is 3. The van der Waals surface area contributed by atoms with E-state index in [2.05, 4.69) is 71.0 Å². The summed E-state index contributed by atoms with van der Waals surface area (Å²) in [4.78, 5) is 30.6. The second-order valence-electron chi connectivity index (χ2n) is 6.41. The highest BCUT2D eigenvalue weighted by atomic mass is 16.6. The summed E-state index contributed by atoms with van der Waals surface area (Å²) in [6.45, 7) is 7.00. The average molecular weight is 431 g/mol. The fourth-order valence-corrected chi connectivity index (χ4v) is 3.22. The van der Waals surface area contributed by atoms with Crippen LogP contribution in [0.3, 0.4) is 0 Å². The van der Waals surface area contributed by atoms with Gasteiger partial charge in [-0.1, -0.05) is 49.6 Å². The molecule has 0 atom stereocenters. The van der Waals surface area contributed by atoms with Gasteiger partial charge in [-0.05, 0) is 12.1 Å². The molecule has 32 heavy (non-hydrogen) atoms. The number of nitro groups is 2. The van der Waals surface area contributed by atoms with Crippen molar-refractivity contribution in [3.63, 3.8) is 0 Å². The lowest BCUT2D eigenvalue weighted by molar-refractivity contribution is -0.394. The zero-order chi connectivity index (χ0) is 23.3. The normalized spacial score (nSPS) is 10.1. The first kappa shape index (κ1) is 21.9. The molecular weight excluding hydrogens is 414 g/mol. The maximum absolute atomic E-state index is 11.3. The van der Waals surface area contributed by atoms with E-state index in [-0.39, 0.29) is 5.56 Å². The number of hydrogen-bond donors (Lipinski definition) is 0. The molecule has 0 aliphatic rings. The van der Waals surface area contributed by atoms with Crippen LogP contribution in [0.1, 0.15) is 10.4 Å². The second kappa shape index (κ2) is 9.35. The van der Waals surface area contributed by atoms with Gasteiger partial charge in [-0.2, -0.15) is 0 Å². The zero-order valence-electron chi connectivity index (χ0n) is 16.7. The molecular formula is C23H17N3O6. The van der Waals surface area contributed by atoms with Gasteiger partial charge in [0.1, 0.15) is 0 Å². The van der Waals surface area contributed by atoms with Crippen molar-refractivity contribution in [3.05, 3.63) is 112 Å². The number of aromatic nitrogens is 1. The average Bonchev–Trinajstić information content (AvgIpc) is 3.13. The predicted molar refractivity (Wildman–Crippen MR) is 121 cm³/mol. The third-order valence-corrected chi connectivity index (χ3v) is 4.55. The molecule has 0 aliphatic carbocycles. The number of para-hydroxylation sites is 2. The summed E-state index contributed by atoms with van der Waals surface area (Å²) in [6, 6.07) is 19.3. The van der Waals surface area contributed by atoms with Crippen molar-refractivity contribution in [1.29, 1.82) is 0 Å². The first-order chi connectivity index (χ1) is 15.4. The molecule has 1 aromatic heterocycles. The van der Waals surface area contributed by atoms with E-state index in [1.165, 1.54) is 21.8 Å². The Morgan fingerprint density at radius 3 is 1.72 bits per heavy atom. The van der Waals surface area contributed by atoms with Gasteiger partial charge in [-0.25, -0.2) is 4.79 Å². The first-order valence-electron chi connectivity index (χ1n) is 9.23. The number of rotatable bonds is 5. The number of non-ortho nitro benzene ring substituents is 2. The number of ether oxygens (including phenoxy) is 1. The highest BCUT2D eigenvalue weighted by Gasteiger charge is 2.20. The minimum atomic E-state index is -0.952. The van der Waals surface area contributed by atoms with Crippen molar-refractivity contribution >= 4 is 45.3 Å². The molecule has 9 nitrogen and oxygen atoms in total. The Bertz CT molecular complexity index is 1290. The number of carbonyl (C=O) groups is 1. The summed E-state index contributed by atoms with van der Waals surface area (Å²) in [6.07, 6.45) is 2.69. The van der Waals surface area contributed by atoms with Crippen molar-refractivity contribution in [1.82, 2.24) is 4.57 Å². The summed E-state index contributed by atoms with van der Waals surface area (Å²) in [5.74, 6) is -0.952. The smallest absolute Gasteiger partial charge is 0.343 e. The molecule has 1 heterocycles. The van der Waals surface area contributed by atoms with Crippen molar-refractivity contribution in [2.75, 3.05) is 0 Å². The summed E-state index contributed by atoms with van der Waals surface area (Å²) in [5.41, 5.74) is 1.03. The summed E-state index contributed by atoms with van der Waals surface area (Å²) >= 11 is 0. The van der Waals surface area contributed by atoms with Gasteiger partial charge < -0.3 is 9.30 Å². The van der Waals surface area contributed by atoms with Gasteiger partial charge in [0.2, 0.25) is 0 Å². The Hall–Kier alpha value is -4.79. The van der Waals surface area contributed by atoms with Crippen LogP contribution in [0.15, 0.2) is 86.1 Å². The van der Waals surface area contributed by atoms with Crippen LogP contribution < -0.4 is 0 Å². The van der Waals surface area contributed by atoms with E-state index in [4.69, 9.17) is 0 Å². The maximum Gasteiger partial charge on any atom is 0.343 e. The Labute approximate surface area is 181 Å². The van der Waals surface area contributed by atoms with Crippen LogP contribution in [-0.2, 0) is 4.74 Å². The van der Waals surface area contributed by atoms with Gasteiger partial charge in [0.15, 0.2) is 0 Å². The van der Waals surface area contributed by atoms with Gasteiger partial charge in [0.25, 0.3) is 11.4 Å². The van der Waals surface area contributed by atoms with Gasteiger partial charge in [-0.15, -0.1) is 0 Å². The zero-order valence-corrected chi connectivity index (χ0v) is 16.7. The summed E-state index contributed by atoms with van der Waals surface area (Å²) < 4.78 is 6.51. The van der Waals surface area contributed by atoms with Crippen LogP contribution in [0, 0.1) is 20.2 Å². The molecule has 160 valence electrons. The van der Waals surface area contributed by atoms with Crippen molar-refractivity contribution in [2.45, 2.75) is 0 Å². The van der Waals surface area contributed by atoms with Crippen LogP contribution in [0.2, 0.25) is 0 Å². The van der Waals surface area contributed by atoms with Crippen LogP contribution in [0.5, 0.6) is 0 Å². The summed E-state index contributed by atoms with van der Waals surface area (Å²) in [5, 5.41) is 23.6. The van der Waals surface area contributed by atoms with E-state index in [0.717, 1.165) is 24.5 Å². The third kappa shape index (κ3) is 4.36. The molecule has 0 saturated heterocycles. The fourth-order valence-electron chi connectivity index (χ4n) is 3.22. The van der Waals surface area contributed by atoms with Crippen LogP contribution in [0.4, 0.5) is 11.4 Å². The quantitative estimate of drug-likeness (QED) is 0.173. The molecule has 0 saturated carbocycles. The Kier molecular flexibility index (Phi) is 6.40. The SMILES string of the molecule is C=COC(=O)c1cc([N+](=O)[O-])cc([N+](=O)[O-])c1.C=Cn1c2ccccc2c2ccccc21. The lowest BCUT2D eigenvalue weighted by Gasteiger charge is -1.99. The highest BCUT2D eigenvalue weighted by molar-refractivity contribution is 6.09. The molecule has 0 N–H and O–H groups in total. The van der Waals surface area contributed by atoms with E-state index in [1.54, 1.807) is 0 Å². The molecule has 3 aromatic carbocycles. The van der Waals surface area contributed by atoms with Crippen LogP contribution in [0.25, 0.3) is 28.0 Å². The Morgan fingerprint density at radius 1 is 0.844 bits per heavy atom. The number of hydrogen-bond acceptors (Lipinski definition) is 6. The second-order valence-corrected chi connectivity index (χ2v) is 6.41. The highest BCUT2D eigenvalue weighted by Crippen LogP contribution is 2.28. The summed E-state index contributed by atoms with van der Waals surface area (Å²) in [7, 11) is 0. The minimum absolute atomic E-state index is 0.286. The molecule has 0 spiro atoms. The number of nitrogens with zero attached hydrogens (tertiary/aromatic N) is 3. The molecule has 0 bridgehead atoms. The molecule has 0 radical (unpaired) electrons. The van der Waals surface area contributed by atoms with Crippen molar-refractivity contribution in [2.24, 2.45) is 0 Å². The Morgan fingerprint density at radius 2 is 1.31 bits per heavy atom. The molecule has 0 unspecified atom stereocenters. The van der Waals surface area contributed by atoms with Gasteiger partial charge in [0.05, 0.1) is 38.8 Å². The topological polar surface area (TPSA) is 118 Å². The Balaban J connectivity index is 0.000000181. The number of carbonyl (C=O) groups excluding carboxylic acids is 1. The molecule has 0 fully saturated rings. The largest absolute Gasteiger partial charge is 0.432 e. The molecule has 9 heteroatoms. The van der Waals surface area contributed by atoms with E-state index >= 15 is 0 Å². The van der Waals surface area contributed by atoms with E-state index in [1.807, 2.05) is 6.20 Å². The van der Waals surface area contributed by atoms with Gasteiger partial charge in [0, 0.05) is 29.1 Å². The monoisotopic (exact) mass is 431 g/mol. The van der Waals surface area contributed by atoms with Gasteiger partial charge >= 0.3 is 5.97 Å². The fraction of sp³-hybridized carbons (Fsp3) is 0. The lowest BCUT2D eigenvalue weighted by Crippen LogP contribution is -2.03. The lowest BCUT2D eigenvalue weighted by atomic mass is 10.2. The molecule has 4 aromatic rings. The molecule has 4 rings (SSSR count). The van der Waals surface area contributed by atoms with E-state index in [0.29, 0.717) is 0 Å². The number of fused-ring (bicyclic) bond motifs is 3. The van der Waals surface area contributed by atoms with Gasteiger partial charge in [-0.3, -0.25) is 20.2 Å². The standard InChI is InChI=1S/C14H11N.C9H6N2O6/c1-2-15-13-9-5-3-7-11(13)12-8-4-6-10-14(12)15;1-2-17-9(12)6-3-7(10(13)14)5-8(4-6)11(15)16/h2-10H,1H2;2-5H,1H2. The molecule has 0 amide bonds. The third-order valence-electron chi connectivity index (χ3n) is 4.55. The predicted octanol–water partition coefficient (Wildman–Crippen LogP) is 5.70. The maximum atomic E-state index is 11.3. The van der Waals surface area contributed by atoms with E-state index in [9.17, 15) is 25.0 Å². The molecule has 0 aliphatic heterocycles. The van der Waals surface area contributed by atoms with Crippen LogP contribution >= 0.6 is 0 Å². The minimum Gasteiger partial charge on any atom is -0.432 e. The van der Waals surface area contributed by atoms with Crippen molar-refractivity contribution in [3.8, 4) is 0 Å². The number of nitro benzene ring substituents is 2. The van der Waals surface area contributed by atoms with Crippen LogP contribution in [-0.4, -0.2) is 20.4 Å². The number of esters is 1. The first-order valence-corrected chi connectivity index (χ1v) is 9.23.